The van der Waals surface area contributed by atoms with Crippen molar-refractivity contribution < 1.29 is 9.90 Å². The number of aromatic hydroxyl groups is 1. The van der Waals surface area contributed by atoms with Gasteiger partial charge in [0.25, 0.3) is 0 Å². The molecule has 0 fully saturated rings. The average Bonchev–Trinajstić information content (AvgIpc) is 2.08. The second-order valence-electron chi connectivity index (χ2n) is 2.34. The van der Waals surface area contributed by atoms with E-state index in [-0.39, 0.29) is 5.75 Å². The van der Waals surface area contributed by atoms with Gasteiger partial charge in [-0.15, -0.1) is 0 Å². The average molecular weight is 160 g/mol. The van der Waals surface area contributed by atoms with Crippen molar-refractivity contribution in [3.8, 4) is 17.6 Å². The van der Waals surface area contributed by atoms with Crippen LogP contribution >= 0.6 is 0 Å². The summed E-state index contributed by atoms with van der Waals surface area (Å²) in [5.41, 5.74) is 1.38. The van der Waals surface area contributed by atoms with E-state index in [1.807, 2.05) is 0 Å². The minimum Gasteiger partial charge on any atom is -0.508 e. The summed E-state index contributed by atoms with van der Waals surface area (Å²) in [5, 5.41) is 9.24. The molecule has 12 heavy (non-hydrogen) atoms. The smallest absolute Gasteiger partial charge is 0.193 e. The maximum Gasteiger partial charge on any atom is 0.193 e. The van der Waals surface area contributed by atoms with Crippen molar-refractivity contribution in [3.05, 3.63) is 29.3 Å². The molecule has 1 aromatic carbocycles. The molecule has 1 aromatic rings. The fourth-order valence-electron chi connectivity index (χ4n) is 0.866. The molecule has 0 aromatic heterocycles. The summed E-state index contributed by atoms with van der Waals surface area (Å²) in [7, 11) is 0. The summed E-state index contributed by atoms with van der Waals surface area (Å²) in [5.74, 6) is 5.12. The molecule has 0 spiro atoms. The number of carbonyl (C=O) groups excluding carboxylic acids is 1. The van der Waals surface area contributed by atoms with Crippen LogP contribution in [-0.4, -0.2) is 11.4 Å². The molecule has 0 heterocycles. The highest BCUT2D eigenvalue weighted by Gasteiger charge is 1.97. The molecule has 0 saturated heterocycles. The van der Waals surface area contributed by atoms with Crippen LogP contribution in [0.3, 0.4) is 0 Å². The lowest BCUT2D eigenvalue weighted by molar-refractivity contribution is -0.103. The van der Waals surface area contributed by atoms with Crippen molar-refractivity contribution in [2.75, 3.05) is 0 Å². The predicted octanol–water partition coefficient (Wildman–Crippen LogP) is 1.25. The van der Waals surface area contributed by atoms with E-state index >= 15 is 0 Å². The van der Waals surface area contributed by atoms with E-state index < -0.39 is 0 Å². The molecular weight excluding hydrogens is 152 g/mol. The van der Waals surface area contributed by atoms with Gasteiger partial charge in [0.2, 0.25) is 0 Å². The molecule has 0 saturated carbocycles. The highest BCUT2D eigenvalue weighted by atomic mass is 16.3. The molecule has 2 heteroatoms. The highest BCUT2D eigenvalue weighted by Crippen LogP contribution is 2.18. The first-order valence-corrected chi connectivity index (χ1v) is 3.49. The van der Waals surface area contributed by atoms with E-state index in [1.54, 1.807) is 25.1 Å². The van der Waals surface area contributed by atoms with Crippen LogP contribution in [0, 0.1) is 18.8 Å². The summed E-state index contributed by atoms with van der Waals surface area (Å²) in [6.07, 6.45) is 0.531. The molecule has 60 valence electrons. The van der Waals surface area contributed by atoms with Crippen LogP contribution in [0.25, 0.3) is 0 Å². The Hall–Kier alpha value is -1.75. The number of benzene rings is 1. The summed E-state index contributed by atoms with van der Waals surface area (Å²) in [6.45, 7) is 1.75. The molecule has 0 atom stereocenters. The van der Waals surface area contributed by atoms with Gasteiger partial charge in [-0.2, -0.15) is 0 Å². The van der Waals surface area contributed by atoms with Gasteiger partial charge in [0, 0.05) is 11.1 Å². The monoisotopic (exact) mass is 160 g/mol. The number of carbonyl (C=O) groups is 1. The summed E-state index contributed by atoms with van der Waals surface area (Å²) in [6, 6.07) is 5.03. The zero-order chi connectivity index (χ0) is 8.97. The Labute approximate surface area is 70.8 Å². The molecule has 0 aliphatic heterocycles. The number of phenolic OH excluding ortho intramolecular Hbond substituents is 1. The molecule has 2 nitrogen and oxygen atoms in total. The van der Waals surface area contributed by atoms with Gasteiger partial charge < -0.3 is 5.11 Å². The lowest BCUT2D eigenvalue weighted by atomic mass is 10.1. The van der Waals surface area contributed by atoms with E-state index in [4.69, 9.17) is 0 Å². The van der Waals surface area contributed by atoms with Crippen LogP contribution in [-0.2, 0) is 4.79 Å². The molecule has 0 amide bonds. The van der Waals surface area contributed by atoms with Gasteiger partial charge in [-0.05, 0) is 25.0 Å². The minimum atomic E-state index is 0.202. The van der Waals surface area contributed by atoms with Crippen LogP contribution in [0.4, 0.5) is 0 Å². The zero-order valence-corrected chi connectivity index (χ0v) is 6.66. The Morgan fingerprint density at radius 1 is 1.50 bits per heavy atom. The van der Waals surface area contributed by atoms with Crippen molar-refractivity contribution in [3.63, 3.8) is 0 Å². The SMILES string of the molecule is Cc1c(O)cccc1C#CC=O. The van der Waals surface area contributed by atoms with Gasteiger partial charge >= 0.3 is 0 Å². The fourth-order valence-corrected chi connectivity index (χ4v) is 0.866. The predicted molar refractivity (Wildman–Crippen MR) is 45.8 cm³/mol. The van der Waals surface area contributed by atoms with Crippen LogP contribution in [0.2, 0.25) is 0 Å². The maximum atomic E-state index is 9.94. The van der Waals surface area contributed by atoms with Crippen LogP contribution in [0.5, 0.6) is 5.75 Å². The first kappa shape index (κ1) is 8.35. The number of hydrogen-bond acceptors (Lipinski definition) is 2. The van der Waals surface area contributed by atoms with Crippen LogP contribution in [0.1, 0.15) is 11.1 Å². The van der Waals surface area contributed by atoms with Gasteiger partial charge in [0.15, 0.2) is 6.29 Å². The van der Waals surface area contributed by atoms with Gasteiger partial charge in [-0.25, -0.2) is 0 Å². The van der Waals surface area contributed by atoms with Crippen molar-refractivity contribution in [1.82, 2.24) is 0 Å². The van der Waals surface area contributed by atoms with E-state index in [1.165, 1.54) is 0 Å². The van der Waals surface area contributed by atoms with Crippen molar-refractivity contribution >= 4 is 6.29 Å². The topological polar surface area (TPSA) is 37.3 Å². The van der Waals surface area contributed by atoms with Crippen molar-refractivity contribution in [2.24, 2.45) is 0 Å². The first-order chi connectivity index (χ1) is 5.75. The van der Waals surface area contributed by atoms with Gasteiger partial charge in [0.1, 0.15) is 5.75 Å². The van der Waals surface area contributed by atoms with Gasteiger partial charge in [-0.1, -0.05) is 12.0 Å². The quantitative estimate of drug-likeness (QED) is 0.458. The number of hydrogen-bond donors (Lipinski definition) is 1. The van der Waals surface area contributed by atoms with Crippen molar-refractivity contribution in [1.29, 1.82) is 0 Å². The van der Waals surface area contributed by atoms with E-state index in [9.17, 15) is 9.90 Å². The summed E-state index contributed by atoms with van der Waals surface area (Å²) in [4.78, 5) is 9.94. The molecule has 0 aliphatic rings. The largest absolute Gasteiger partial charge is 0.508 e. The number of rotatable bonds is 0. The Bertz CT molecular complexity index is 356. The van der Waals surface area contributed by atoms with Gasteiger partial charge in [-0.3, -0.25) is 4.79 Å². The third-order valence-corrected chi connectivity index (χ3v) is 1.57. The standard InChI is InChI=1S/C10H8O2/c1-8-9(5-3-7-11)4-2-6-10(8)12/h2,4,6-7,12H,1H3. The third-order valence-electron chi connectivity index (χ3n) is 1.57. The third kappa shape index (κ3) is 1.64. The fraction of sp³-hybridized carbons (Fsp3) is 0.100. The van der Waals surface area contributed by atoms with Gasteiger partial charge in [0.05, 0.1) is 0 Å². The van der Waals surface area contributed by atoms with E-state index in [2.05, 4.69) is 11.8 Å². The molecular formula is C10H8O2. The van der Waals surface area contributed by atoms with Crippen LogP contribution in [0.15, 0.2) is 18.2 Å². The highest BCUT2D eigenvalue weighted by molar-refractivity contribution is 5.74. The second-order valence-corrected chi connectivity index (χ2v) is 2.34. The first-order valence-electron chi connectivity index (χ1n) is 3.49. The normalized spacial score (nSPS) is 8.42. The molecule has 1 N–H and O–H groups in total. The Kier molecular flexibility index (Phi) is 2.49. The Balaban J connectivity index is 3.16. The molecule has 0 aliphatic carbocycles. The molecule has 0 unspecified atom stereocenters. The molecule has 0 bridgehead atoms. The van der Waals surface area contributed by atoms with E-state index in [0.717, 1.165) is 0 Å². The maximum absolute atomic E-state index is 9.94. The Morgan fingerprint density at radius 2 is 2.25 bits per heavy atom. The van der Waals surface area contributed by atoms with Crippen molar-refractivity contribution in [2.45, 2.75) is 6.92 Å². The minimum absolute atomic E-state index is 0.202. The van der Waals surface area contributed by atoms with E-state index in [0.29, 0.717) is 17.4 Å². The summed E-state index contributed by atoms with van der Waals surface area (Å²) < 4.78 is 0. The number of aldehydes is 1. The lowest BCUT2D eigenvalue weighted by Crippen LogP contribution is -1.81. The zero-order valence-electron chi connectivity index (χ0n) is 6.66. The lowest BCUT2D eigenvalue weighted by Gasteiger charge is -1.99. The second kappa shape index (κ2) is 3.59. The molecule has 0 radical (unpaired) electrons. The molecule has 1 rings (SSSR count). The number of phenols is 1. The Morgan fingerprint density at radius 3 is 2.92 bits per heavy atom. The summed E-state index contributed by atoms with van der Waals surface area (Å²) >= 11 is 0. The van der Waals surface area contributed by atoms with Crippen LogP contribution < -0.4 is 0 Å².